The minimum absolute atomic E-state index is 0.181. The molecule has 1 fully saturated rings. The second kappa shape index (κ2) is 4.61. The minimum Gasteiger partial charge on any atom is -0.480 e. The molecule has 0 spiro atoms. The van der Waals surface area contributed by atoms with Crippen molar-refractivity contribution in [3.05, 3.63) is 0 Å². The number of hydrogen-bond donors (Lipinski definition) is 2. The van der Waals surface area contributed by atoms with Crippen LogP contribution in [0.25, 0.3) is 0 Å². The molecule has 1 saturated carbocycles. The molecule has 0 amide bonds. The number of nitrogens with two attached hydrogens (primary N) is 1. The standard InChI is InChI=1S/C10H19NO2/c1-2-8(9(11)10(12)13)7-5-3-4-6-7/h7-9H,2-6,11H2,1H3,(H,12,13). The largest absolute Gasteiger partial charge is 0.480 e. The summed E-state index contributed by atoms with van der Waals surface area (Å²) in [6.45, 7) is 2.03. The van der Waals surface area contributed by atoms with E-state index in [1.165, 1.54) is 25.7 Å². The van der Waals surface area contributed by atoms with E-state index in [0.29, 0.717) is 5.92 Å². The first-order valence-electron chi connectivity index (χ1n) is 5.15. The Morgan fingerprint density at radius 1 is 1.54 bits per heavy atom. The monoisotopic (exact) mass is 185 g/mol. The van der Waals surface area contributed by atoms with Gasteiger partial charge in [0.25, 0.3) is 0 Å². The molecule has 3 N–H and O–H groups in total. The zero-order chi connectivity index (χ0) is 9.84. The van der Waals surface area contributed by atoms with Gasteiger partial charge in [0, 0.05) is 0 Å². The van der Waals surface area contributed by atoms with Gasteiger partial charge >= 0.3 is 5.97 Å². The molecule has 0 aromatic carbocycles. The summed E-state index contributed by atoms with van der Waals surface area (Å²) in [5.74, 6) is -0.116. The second-order valence-electron chi connectivity index (χ2n) is 3.98. The summed E-state index contributed by atoms with van der Waals surface area (Å²) in [4.78, 5) is 10.7. The van der Waals surface area contributed by atoms with E-state index in [9.17, 15) is 4.79 Å². The highest BCUT2D eigenvalue weighted by Crippen LogP contribution is 2.34. The van der Waals surface area contributed by atoms with Crippen LogP contribution in [0.2, 0.25) is 0 Å². The van der Waals surface area contributed by atoms with Crippen LogP contribution >= 0.6 is 0 Å². The van der Waals surface area contributed by atoms with Gasteiger partial charge < -0.3 is 10.8 Å². The van der Waals surface area contributed by atoms with Crippen molar-refractivity contribution in [2.75, 3.05) is 0 Å². The quantitative estimate of drug-likeness (QED) is 0.699. The van der Waals surface area contributed by atoms with Gasteiger partial charge in [-0.2, -0.15) is 0 Å². The van der Waals surface area contributed by atoms with E-state index in [0.717, 1.165) is 6.42 Å². The van der Waals surface area contributed by atoms with E-state index >= 15 is 0 Å². The molecule has 3 heteroatoms. The number of carboxylic acids is 1. The molecular weight excluding hydrogens is 166 g/mol. The molecular formula is C10H19NO2. The summed E-state index contributed by atoms with van der Waals surface area (Å²) in [6.07, 6.45) is 5.71. The number of hydrogen-bond acceptors (Lipinski definition) is 2. The van der Waals surface area contributed by atoms with Crippen LogP contribution in [0.3, 0.4) is 0 Å². The third kappa shape index (κ3) is 2.44. The van der Waals surface area contributed by atoms with Crippen LogP contribution in [-0.4, -0.2) is 17.1 Å². The lowest BCUT2D eigenvalue weighted by molar-refractivity contribution is -0.140. The zero-order valence-electron chi connectivity index (χ0n) is 8.20. The molecule has 1 aliphatic rings. The fourth-order valence-corrected chi connectivity index (χ4v) is 2.45. The van der Waals surface area contributed by atoms with E-state index in [1.807, 2.05) is 6.92 Å². The number of aliphatic carboxylic acids is 1. The summed E-state index contributed by atoms with van der Waals surface area (Å²) in [6, 6.07) is -0.659. The Morgan fingerprint density at radius 3 is 2.46 bits per heavy atom. The van der Waals surface area contributed by atoms with E-state index in [-0.39, 0.29) is 5.92 Å². The fraction of sp³-hybridized carbons (Fsp3) is 0.900. The Bertz CT molecular complexity index is 176. The van der Waals surface area contributed by atoms with Crippen LogP contribution in [0, 0.1) is 11.8 Å². The molecule has 3 nitrogen and oxygen atoms in total. The maximum absolute atomic E-state index is 10.7. The molecule has 13 heavy (non-hydrogen) atoms. The number of carbonyl (C=O) groups is 1. The van der Waals surface area contributed by atoms with Crippen molar-refractivity contribution in [1.29, 1.82) is 0 Å². The van der Waals surface area contributed by atoms with E-state index in [2.05, 4.69) is 0 Å². The van der Waals surface area contributed by atoms with Crippen molar-refractivity contribution in [1.82, 2.24) is 0 Å². The maximum Gasteiger partial charge on any atom is 0.320 e. The normalized spacial score (nSPS) is 22.9. The van der Waals surface area contributed by atoms with Crippen molar-refractivity contribution >= 4 is 5.97 Å². The second-order valence-corrected chi connectivity index (χ2v) is 3.98. The molecule has 0 bridgehead atoms. The van der Waals surface area contributed by atoms with Gasteiger partial charge in [-0.25, -0.2) is 0 Å². The first-order chi connectivity index (χ1) is 6.16. The molecule has 0 aliphatic heterocycles. The summed E-state index contributed by atoms with van der Waals surface area (Å²) in [5.41, 5.74) is 5.65. The number of carboxylic acid groups (broad SMARTS) is 1. The predicted molar refractivity (Wildman–Crippen MR) is 51.4 cm³/mol. The summed E-state index contributed by atoms with van der Waals surface area (Å²) in [5, 5.41) is 8.82. The van der Waals surface area contributed by atoms with E-state index in [1.54, 1.807) is 0 Å². The SMILES string of the molecule is CCC(C1CCCC1)C(N)C(=O)O. The summed E-state index contributed by atoms with van der Waals surface area (Å²) in [7, 11) is 0. The third-order valence-corrected chi connectivity index (χ3v) is 3.22. The lowest BCUT2D eigenvalue weighted by Crippen LogP contribution is -2.40. The lowest BCUT2D eigenvalue weighted by atomic mass is 9.83. The average molecular weight is 185 g/mol. The highest BCUT2D eigenvalue weighted by molar-refractivity contribution is 5.73. The predicted octanol–water partition coefficient (Wildman–Crippen LogP) is 1.61. The molecule has 2 unspecified atom stereocenters. The Labute approximate surface area is 79.3 Å². The summed E-state index contributed by atoms with van der Waals surface area (Å²) >= 11 is 0. The summed E-state index contributed by atoms with van der Waals surface area (Å²) < 4.78 is 0. The van der Waals surface area contributed by atoms with E-state index in [4.69, 9.17) is 10.8 Å². The molecule has 0 saturated heterocycles. The maximum atomic E-state index is 10.7. The minimum atomic E-state index is -0.848. The molecule has 1 rings (SSSR count). The number of rotatable bonds is 4. The van der Waals surface area contributed by atoms with Gasteiger partial charge in [0.05, 0.1) is 0 Å². The first-order valence-corrected chi connectivity index (χ1v) is 5.15. The van der Waals surface area contributed by atoms with Crippen molar-refractivity contribution in [3.63, 3.8) is 0 Å². The highest BCUT2D eigenvalue weighted by atomic mass is 16.4. The lowest BCUT2D eigenvalue weighted by Gasteiger charge is -2.25. The van der Waals surface area contributed by atoms with Gasteiger partial charge in [-0.15, -0.1) is 0 Å². The topological polar surface area (TPSA) is 63.3 Å². The molecule has 2 atom stereocenters. The van der Waals surface area contributed by atoms with Gasteiger partial charge in [0.15, 0.2) is 0 Å². The Balaban J connectivity index is 2.54. The van der Waals surface area contributed by atoms with Crippen LogP contribution in [0.4, 0.5) is 0 Å². The van der Waals surface area contributed by atoms with Crippen LogP contribution in [0.1, 0.15) is 39.0 Å². The molecule has 0 aromatic rings. The zero-order valence-corrected chi connectivity index (χ0v) is 8.20. The Hall–Kier alpha value is -0.570. The van der Waals surface area contributed by atoms with Crippen LogP contribution in [-0.2, 0) is 4.79 Å². The van der Waals surface area contributed by atoms with Crippen molar-refractivity contribution in [2.24, 2.45) is 17.6 Å². The molecule has 0 aromatic heterocycles. The first kappa shape index (κ1) is 10.5. The molecule has 1 aliphatic carbocycles. The van der Waals surface area contributed by atoms with Gasteiger partial charge in [-0.1, -0.05) is 39.0 Å². The van der Waals surface area contributed by atoms with Gasteiger partial charge in [0.1, 0.15) is 6.04 Å². The smallest absolute Gasteiger partial charge is 0.320 e. The average Bonchev–Trinajstić information content (AvgIpc) is 2.58. The molecule has 0 heterocycles. The highest BCUT2D eigenvalue weighted by Gasteiger charge is 2.31. The van der Waals surface area contributed by atoms with Gasteiger partial charge in [0.2, 0.25) is 0 Å². The van der Waals surface area contributed by atoms with Crippen molar-refractivity contribution < 1.29 is 9.90 Å². The van der Waals surface area contributed by atoms with E-state index < -0.39 is 12.0 Å². The van der Waals surface area contributed by atoms with Gasteiger partial charge in [-0.3, -0.25) is 4.79 Å². The van der Waals surface area contributed by atoms with Crippen LogP contribution in [0.15, 0.2) is 0 Å². The fourth-order valence-electron chi connectivity index (χ4n) is 2.45. The third-order valence-electron chi connectivity index (χ3n) is 3.22. The Morgan fingerprint density at radius 2 is 2.08 bits per heavy atom. The van der Waals surface area contributed by atoms with Gasteiger partial charge in [-0.05, 0) is 11.8 Å². The van der Waals surface area contributed by atoms with Crippen molar-refractivity contribution in [2.45, 2.75) is 45.1 Å². The van der Waals surface area contributed by atoms with Crippen LogP contribution in [0.5, 0.6) is 0 Å². The van der Waals surface area contributed by atoms with Crippen LogP contribution < -0.4 is 5.73 Å². The molecule has 0 radical (unpaired) electrons. The Kier molecular flexibility index (Phi) is 3.72. The molecule has 76 valence electrons. The van der Waals surface area contributed by atoms with Crippen molar-refractivity contribution in [3.8, 4) is 0 Å².